The summed E-state index contributed by atoms with van der Waals surface area (Å²) in [5.74, 6) is 4.24. The molecule has 0 atom stereocenters. The number of halogens is 1. The molecule has 0 saturated heterocycles. The molecule has 0 bridgehead atoms. The van der Waals surface area contributed by atoms with E-state index in [4.69, 9.17) is 5.11 Å². The van der Waals surface area contributed by atoms with Gasteiger partial charge in [-0.3, -0.25) is 10.1 Å². The number of hydrogen-bond acceptors (Lipinski definition) is 4. The zero-order valence-electron chi connectivity index (χ0n) is 10.4. The van der Waals surface area contributed by atoms with Gasteiger partial charge < -0.3 is 5.11 Å². The van der Waals surface area contributed by atoms with Gasteiger partial charge in [0.1, 0.15) is 5.82 Å². The fourth-order valence-electron chi connectivity index (χ4n) is 1.43. The van der Waals surface area contributed by atoms with E-state index >= 15 is 0 Å². The second-order valence-corrected chi connectivity index (χ2v) is 4.66. The highest BCUT2D eigenvalue weighted by molar-refractivity contribution is 7.13. The van der Waals surface area contributed by atoms with E-state index in [0.717, 1.165) is 6.07 Å². The summed E-state index contributed by atoms with van der Waals surface area (Å²) in [5, 5.41) is 13.4. The standard InChI is InChI=1S/C14H11FN2O2S/c15-12-9-11(5-4-10(12)3-1-2-7-18)13(19)17-14-16-6-8-20-14/h4-6,8-9,18H,2,7H2,(H,16,17,19). The number of nitrogens with zero attached hydrogens (tertiary/aromatic N) is 1. The third-order valence-corrected chi connectivity index (χ3v) is 3.03. The Kier molecular flexibility index (Phi) is 4.82. The van der Waals surface area contributed by atoms with Crippen LogP contribution < -0.4 is 5.32 Å². The van der Waals surface area contributed by atoms with E-state index < -0.39 is 11.7 Å². The van der Waals surface area contributed by atoms with Gasteiger partial charge >= 0.3 is 0 Å². The smallest absolute Gasteiger partial charge is 0.257 e. The number of hydrogen-bond donors (Lipinski definition) is 2. The minimum atomic E-state index is -0.567. The van der Waals surface area contributed by atoms with Crippen molar-refractivity contribution >= 4 is 22.4 Å². The van der Waals surface area contributed by atoms with Gasteiger partial charge in [-0.15, -0.1) is 11.3 Å². The van der Waals surface area contributed by atoms with E-state index in [2.05, 4.69) is 22.1 Å². The maximum Gasteiger partial charge on any atom is 0.257 e. The molecule has 2 rings (SSSR count). The van der Waals surface area contributed by atoms with Crippen molar-refractivity contribution in [2.24, 2.45) is 0 Å². The van der Waals surface area contributed by atoms with Crippen LogP contribution in [0.1, 0.15) is 22.3 Å². The lowest BCUT2D eigenvalue weighted by atomic mass is 10.1. The van der Waals surface area contributed by atoms with Crippen molar-refractivity contribution in [1.82, 2.24) is 4.98 Å². The van der Waals surface area contributed by atoms with Gasteiger partial charge in [-0.05, 0) is 18.2 Å². The molecule has 2 aromatic rings. The van der Waals surface area contributed by atoms with Gasteiger partial charge in [0, 0.05) is 23.6 Å². The highest BCUT2D eigenvalue weighted by Crippen LogP contribution is 2.14. The minimum absolute atomic E-state index is 0.0665. The predicted molar refractivity (Wildman–Crippen MR) is 75.0 cm³/mol. The van der Waals surface area contributed by atoms with Gasteiger partial charge in [0.05, 0.1) is 12.2 Å². The number of rotatable bonds is 3. The lowest BCUT2D eigenvalue weighted by Crippen LogP contribution is -2.12. The second kappa shape index (κ2) is 6.80. The maximum atomic E-state index is 13.8. The quantitative estimate of drug-likeness (QED) is 0.852. The van der Waals surface area contributed by atoms with Gasteiger partial charge in [0.15, 0.2) is 5.13 Å². The van der Waals surface area contributed by atoms with Crippen LogP contribution in [0.15, 0.2) is 29.8 Å². The van der Waals surface area contributed by atoms with Gasteiger partial charge in [0.25, 0.3) is 5.91 Å². The number of aliphatic hydroxyl groups is 1. The molecule has 0 aliphatic heterocycles. The molecular weight excluding hydrogens is 279 g/mol. The first-order valence-electron chi connectivity index (χ1n) is 5.81. The first-order chi connectivity index (χ1) is 9.70. The summed E-state index contributed by atoms with van der Waals surface area (Å²) in [5.41, 5.74) is 0.398. The molecule has 102 valence electrons. The van der Waals surface area contributed by atoms with Crippen molar-refractivity contribution in [1.29, 1.82) is 0 Å². The Balaban J connectivity index is 2.12. The zero-order valence-corrected chi connectivity index (χ0v) is 11.2. The van der Waals surface area contributed by atoms with Crippen LogP contribution in [-0.2, 0) is 0 Å². The summed E-state index contributed by atoms with van der Waals surface area (Å²) in [4.78, 5) is 15.8. The molecule has 6 heteroatoms. The Bertz CT molecular complexity index is 660. The second-order valence-electron chi connectivity index (χ2n) is 3.76. The molecule has 0 unspecified atom stereocenters. The normalized spacial score (nSPS) is 9.70. The summed E-state index contributed by atoms with van der Waals surface area (Å²) in [7, 11) is 0. The molecule has 0 fully saturated rings. The van der Waals surface area contributed by atoms with Gasteiger partial charge in [-0.1, -0.05) is 11.8 Å². The number of carbonyl (C=O) groups excluding carboxylic acids is 1. The monoisotopic (exact) mass is 290 g/mol. The molecule has 0 radical (unpaired) electrons. The highest BCUT2D eigenvalue weighted by Gasteiger charge is 2.10. The molecule has 1 amide bonds. The fraction of sp³-hybridized carbons (Fsp3) is 0.143. The summed E-state index contributed by atoms with van der Waals surface area (Å²) in [6, 6.07) is 4.07. The lowest BCUT2D eigenvalue weighted by molar-refractivity contribution is 0.102. The predicted octanol–water partition coefficient (Wildman–Crippen LogP) is 2.27. The van der Waals surface area contributed by atoms with E-state index in [-0.39, 0.29) is 24.2 Å². The molecule has 2 N–H and O–H groups in total. The number of aliphatic hydroxyl groups excluding tert-OH is 1. The summed E-state index contributed by atoms with van der Waals surface area (Å²) in [6.07, 6.45) is 1.85. The number of amides is 1. The van der Waals surface area contributed by atoms with Crippen LogP contribution in [0, 0.1) is 17.7 Å². The van der Waals surface area contributed by atoms with Crippen LogP contribution >= 0.6 is 11.3 Å². The molecule has 0 saturated carbocycles. The van der Waals surface area contributed by atoms with Crippen LogP contribution in [0.3, 0.4) is 0 Å². The number of thiazole rings is 1. The topological polar surface area (TPSA) is 62.2 Å². The first kappa shape index (κ1) is 14.2. The molecule has 1 aromatic heterocycles. The minimum Gasteiger partial charge on any atom is -0.395 e. The Morgan fingerprint density at radius 2 is 2.35 bits per heavy atom. The molecular formula is C14H11FN2O2S. The first-order valence-corrected chi connectivity index (χ1v) is 6.69. The third kappa shape index (κ3) is 3.63. The van der Waals surface area contributed by atoms with Crippen molar-refractivity contribution < 1.29 is 14.3 Å². The highest BCUT2D eigenvalue weighted by atomic mass is 32.1. The lowest BCUT2D eigenvalue weighted by Gasteiger charge is -2.02. The Morgan fingerprint density at radius 1 is 1.50 bits per heavy atom. The Morgan fingerprint density at radius 3 is 3.00 bits per heavy atom. The van der Waals surface area contributed by atoms with Crippen molar-refractivity contribution in [2.75, 3.05) is 11.9 Å². The van der Waals surface area contributed by atoms with Crippen LogP contribution in [0.5, 0.6) is 0 Å². The van der Waals surface area contributed by atoms with Crippen molar-refractivity contribution in [3.8, 4) is 11.8 Å². The van der Waals surface area contributed by atoms with Crippen LogP contribution in [0.2, 0.25) is 0 Å². The Labute approximate surface area is 119 Å². The number of nitrogens with one attached hydrogen (secondary N) is 1. The molecule has 20 heavy (non-hydrogen) atoms. The van der Waals surface area contributed by atoms with Crippen molar-refractivity contribution in [3.05, 3.63) is 46.7 Å². The number of aromatic nitrogens is 1. The molecule has 0 aliphatic rings. The van der Waals surface area contributed by atoms with Crippen LogP contribution in [0.4, 0.5) is 9.52 Å². The van der Waals surface area contributed by atoms with E-state index in [0.29, 0.717) is 5.13 Å². The summed E-state index contributed by atoms with van der Waals surface area (Å²) >= 11 is 1.28. The average Bonchev–Trinajstić information content (AvgIpc) is 2.93. The van der Waals surface area contributed by atoms with E-state index in [1.807, 2.05) is 0 Å². The van der Waals surface area contributed by atoms with Gasteiger partial charge in [0.2, 0.25) is 0 Å². The van der Waals surface area contributed by atoms with E-state index in [1.54, 1.807) is 11.6 Å². The fourth-order valence-corrected chi connectivity index (χ4v) is 1.95. The number of benzene rings is 1. The summed E-state index contributed by atoms with van der Waals surface area (Å²) in [6.45, 7) is -0.0665. The van der Waals surface area contributed by atoms with Gasteiger partial charge in [-0.25, -0.2) is 9.37 Å². The van der Waals surface area contributed by atoms with Crippen molar-refractivity contribution in [3.63, 3.8) is 0 Å². The number of carbonyl (C=O) groups is 1. The largest absolute Gasteiger partial charge is 0.395 e. The maximum absolute atomic E-state index is 13.8. The van der Waals surface area contributed by atoms with Crippen LogP contribution in [0.25, 0.3) is 0 Å². The third-order valence-electron chi connectivity index (χ3n) is 2.34. The summed E-state index contributed by atoms with van der Waals surface area (Å²) < 4.78 is 13.8. The molecule has 0 spiro atoms. The number of anilines is 1. The molecule has 1 aromatic carbocycles. The van der Waals surface area contributed by atoms with E-state index in [1.165, 1.54) is 23.5 Å². The molecule has 4 nitrogen and oxygen atoms in total. The van der Waals surface area contributed by atoms with Crippen molar-refractivity contribution in [2.45, 2.75) is 6.42 Å². The Hall–Kier alpha value is -2.23. The van der Waals surface area contributed by atoms with Gasteiger partial charge in [-0.2, -0.15) is 0 Å². The SMILES string of the molecule is O=C(Nc1nccs1)c1ccc(C#CCCO)c(F)c1. The van der Waals surface area contributed by atoms with E-state index in [9.17, 15) is 9.18 Å². The van der Waals surface area contributed by atoms with Crippen LogP contribution in [-0.4, -0.2) is 22.6 Å². The average molecular weight is 290 g/mol. The molecule has 1 heterocycles. The molecule has 0 aliphatic carbocycles. The zero-order chi connectivity index (χ0) is 14.4.